The van der Waals surface area contributed by atoms with E-state index in [1.807, 2.05) is 49.7 Å². The zero-order valence-electron chi connectivity index (χ0n) is 18.4. The highest BCUT2D eigenvalue weighted by Crippen LogP contribution is 2.32. The average molecular weight is 475 g/mol. The maximum absolute atomic E-state index is 13.2. The standard InChI is InChI=1S/C23H27ClN4O3S/c1-15(2)21(22-25-18-8-4-5-9-19(18)27(22)3)26-23(29)16-10-11-17(24)20(14-16)28-12-6-7-13-32(28,30)31/h4-5,8-11,14-15,21H,6-7,12-13H2,1-3H3,(H,26,29)/t21-/m1/s1. The van der Waals surface area contributed by atoms with Crippen LogP contribution >= 0.6 is 11.6 Å². The average Bonchev–Trinajstić information content (AvgIpc) is 3.08. The fourth-order valence-corrected chi connectivity index (χ4v) is 6.02. The van der Waals surface area contributed by atoms with Gasteiger partial charge in [0, 0.05) is 19.2 Å². The molecule has 2 aromatic carbocycles. The summed E-state index contributed by atoms with van der Waals surface area (Å²) < 4.78 is 28.4. The van der Waals surface area contributed by atoms with Gasteiger partial charge in [0.2, 0.25) is 10.0 Å². The van der Waals surface area contributed by atoms with Crippen molar-refractivity contribution < 1.29 is 13.2 Å². The predicted molar refractivity (Wildman–Crippen MR) is 128 cm³/mol. The van der Waals surface area contributed by atoms with Gasteiger partial charge in [0.1, 0.15) is 5.82 Å². The number of carbonyl (C=O) groups excluding carboxylic acids is 1. The van der Waals surface area contributed by atoms with E-state index in [-0.39, 0.29) is 23.6 Å². The number of aryl methyl sites for hydroxylation is 1. The minimum atomic E-state index is -3.44. The molecule has 0 radical (unpaired) electrons. The van der Waals surface area contributed by atoms with E-state index in [0.29, 0.717) is 29.2 Å². The summed E-state index contributed by atoms with van der Waals surface area (Å²) in [7, 11) is -1.50. The van der Waals surface area contributed by atoms with E-state index in [9.17, 15) is 13.2 Å². The third-order valence-corrected chi connectivity index (χ3v) is 8.05. The van der Waals surface area contributed by atoms with Gasteiger partial charge in [-0.3, -0.25) is 9.10 Å². The fourth-order valence-electron chi connectivity index (χ4n) is 4.10. The van der Waals surface area contributed by atoms with Gasteiger partial charge in [-0.1, -0.05) is 37.6 Å². The minimum Gasteiger partial charge on any atom is -0.342 e. The van der Waals surface area contributed by atoms with Crippen molar-refractivity contribution >= 4 is 44.3 Å². The summed E-state index contributed by atoms with van der Waals surface area (Å²) >= 11 is 6.33. The molecule has 2 heterocycles. The summed E-state index contributed by atoms with van der Waals surface area (Å²) in [5.41, 5.74) is 2.57. The Kier molecular flexibility index (Phi) is 6.18. The number of nitrogens with zero attached hydrogens (tertiary/aromatic N) is 3. The second-order valence-corrected chi connectivity index (χ2v) is 10.9. The molecule has 1 aromatic heterocycles. The Morgan fingerprint density at radius 2 is 1.91 bits per heavy atom. The topological polar surface area (TPSA) is 84.3 Å². The van der Waals surface area contributed by atoms with Gasteiger partial charge < -0.3 is 9.88 Å². The van der Waals surface area contributed by atoms with E-state index >= 15 is 0 Å². The smallest absolute Gasteiger partial charge is 0.251 e. The number of imidazole rings is 1. The summed E-state index contributed by atoms with van der Waals surface area (Å²) in [5.74, 6) is 0.635. The Morgan fingerprint density at radius 1 is 1.16 bits per heavy atom. The zero-order chi connectivity index (χ0) is 23.0. The Hall–Kier alpha value is -2.58. The molecular weight excluding hydrogens is 448 g/mol. The highest BCUT2D eigenvalue weighted by Gasteiger charge is 2.29. The molecule has 3 aromatic rings. The van der Waals surface area contributed by atoms with Crippen molar-refractivity contribution in [3.05, 3.63) is 58.9 Å². The molecule has 1 N–H and O–H groups in total. The van der Waals surface area contributed by atoms with Crippen molar-refractivity contribution in [1.29, 1.82) is 0 Å². The lowest BCUT2D eigenvalue weighted by Crippen LogP contribution is -2.38. The van der Waals surface area contributed by atoms with Crippen molar-refractivity contribution in [2.75, 3.05) is 16.6 Å². The molecule has 0 spiro atoms. The molecule has 9 heteroatoms. The number of amides is 1. The van der Waals surface area contributed by atoms with Gasteiger partial charge in [-0.05, 0) is 49.1 Å². The lowest BCUT2D eigenvalue weighted by Gasteiger charge is -2.29. The molecule has 170 valence electrons. The van der Waals surface area contributed by atoms with Crippen molar-refractivity contribution in [3.8, 4) is 0 Å². The molecule has 1 aliphatic rings. The summed E-state index contributed by atoms with van der Waals surface area (Å²) in [6.45, 7) is 4.41. The van der Waals surface area contributed by atoms with Gasteiger partial charge in [-0.25, -0.2) is 13.4 Å². The molecule has 0 unspecified atom stereocenters. The van der Waals surface area contributed by atoms with Crippen LogP contribution in [0.15, 0.2) is 42.5 Å². The van der Waals surface area contributed by atoms with Gasteiger partial charge in [0.25, 0.3) is 5.91 Å². The minimum absolute atomic E-state index is 0.0852. The van der Waals surface area contributed by atoms with Crippen molar-refractivity contribution in [2.45, 2.75) is 32.7 Å². The number of hydrogen-bond acceptors (Lipinski definition) is 4. The van der Waals surface area contributed by atoms with Crippen LogP contribution < -0.4 is 9.62 Å². The number of sulfonamides is 1. The number of hydrogen-bond donors (Lipinski definition) is 1. The summed E-state index contributed by atoms with van der Waals surface area (Å²) in [6.07, 6.45) is 1.39. The molecule has 0 bridgehead atoms. The molecule has 0 saturated carbocycles. The van der Waals surface area contributed by atoms with Crippen LogP contribution in [0.3, 0.4) is 0 Å². The first-order valence-electron chi connectivity index (χ1n) is 10.7. The van der Waals surface area contributed by atoms with Crippen LogP contribution in [0.5, 0.6) is 0 Å². The van der Waals surface area contributed by atoms with Gasteiger partial charge in [-0.2, -0.15) is 0 Å². The lowest BCUT2D eigenvalue weighted by atomic mass is 10.0. The molecule has 0 aliphatic carbocycles. The first-order chi connectivity index (χ1) is 15.2. The quantitative estimate of drug-likeness (QED) is 0.598. The SMILES string of the molecule is CC(C)[C@@H](NC(=O)c1ccc(Cl)c(N2CCCCS2(=O)=O)c1)c1nc2ccccc2n1C. The second kappa shape index (κ2) is 8.75. The third-order valence-electron chi connectivity index (χ3n) is 5.88. The molecule has 32 heavy (non-hydrogen) atoms. The van der Waals surface area contributed by atoms with E-state index < -0.39 is 10.0 Å². The number of aromatic nitrogens is 2. The maximum atomic E-state index is 13.2. The first-order valence-corrected chi connectivity index (χ1v) is 12.7. The van der Waals surface area contributed by atoms with E-state index in [2.05, 4.69) is 5.32 Å². The number of benzene rings is 2. The number of carbonyl (C=O) groups is 1. The van der Waals surface area contributed by atoms with Gasteiger partial charge in [0.05, 0.1) is 33.5 Å². The summed E-state index contributed by atoms with van der Waals surface area (Å²) in [4.78, 5) is 18.0. The normalized spacial score (nSPS) is 17.0. The monoisotopic (exact) mass is 474 g/mol. The van der Waals surface area contributed by atoms with Crippen LogP contribution in [0, 0.1) is 5.92 Å². The van der Waals surface area contributed by atoms with Gasteiger partial charge >= 0.3 is 0 Å². The second-order valence-electron chi connectivity index (χ2n) is 8.47. The number of rotatable bonds is 5. The third kappa shape index (κ3) is 4.21. The van der Waals surface area contributed by atoms with Crippen molar-refractivity contribution in [3.63, 3.8) is 0 Å². The van der Waals surface area contributed by atoms with E-state index in [1.54, 1.807) is 18.2 Å². The van der Waals surface area contributed by atoms with Gasteiger partial charge in [0.15, 0.2) is 0 Å². The maximum Gasteiger partial charge on any atom is 0.251 e. The molecule has 1 atom stereocenters. The van der Waals surface area contributed by atoms with Crippen LogP contribution in [0.4, 0.5) is 5.69 Å². The molecule has 1 aliphatic heterocycles. The summed E-state index contributed by atoms with van der Waals surface area (Å²) in [6, 6.07) is 12.3. The zero-order valence-corrected chi connectivity index (χ0v) is 19.9. The molecular formula is C23H27ClN4O3S. The number of anilines is 1. The first kappa shape index (κ1) is 22.6. The Balaban J connectivity index is 1.65. The van der Waals surface area contributed by atoms with Crippen LogP contribution in [-0.4, -0.2) is 36.2 Å². The molecule has 1 amide bonds. The highest BCUT2D eigenvalue weighted by molar-refractivity contribution is 7.92. The fraction of sp³-hybridized carbons (Fsp3) is 0.391. The van der Waals surface area contributed by atoms with Crippen LogP contribution in [0.1, 0.15) is 48.9 Å². The van der Waals surface area contributed by atoms with Crippen LogP contribution in [-0.2, 0) is 17.1 Å². The molecule has 1 saturated heterocycles. The van der Waals surface area contributed by atoms with Crippen LogP contribution in [0.2, 0.25) is 5.02 Å². The molecule has 7 nitrogen and oxygen atoms in total. The number of nitrogens with one attached hydrogen (secondary N) is 1. The van der Waals surface area contributed by atoms with E-state index in [0.717, 1.165) is 23.3 Å². The van der Waals surface area contributed by atoms with Crippen molar-refractivity contribution in [2.24, 2.45) is 13.0 Å². The van der Waals surface area contributed by atoms with Crippen molar-refractivity contribution in [1.82, 2.24) is 14.9 Å². The van der Waals surface area contributed by atoms with E-state index in [4.69, 9.17) is 16.6 Å². The van der Waals surface area contributed by atoms with E-state index in [1.165, 1.54) is 4.31 Å². The van der Waals surface area contributed by atoms with Crippen LogP contribution in [0.25, 0.3) is 11.0 Å². The predicted octanol–water partition coefficient (Wildman–Crippen LogP) is 4.28. The van der Waals surface area contributed by atoms with Gasteiger partial charge in [-0.15, -0.1) is 0 Å². The molecule has 1 fully saturated rings. The molecule has 4 rings (SSSR count). The Labute approximate surface area is 193 Å². The Bertz CT molecular complexity index is 1270. The highest BCUT2D eigenvalue weighted by atomic mass is 35.5. The number of halogens is 1. The Morgan fingerprint density at radius 3 is 2.59 bits per heavy atom. The largest absolute Gasteiger partial charge is 0.342 e. The number of para-hydroxylation sites is 2. The summed E-state index contributed by atoms with van der Waals surface area (Å²) in [5, 5.41) is 3.40. The lowest BCUT2D eigenvalue weighted by molar-refractivity contribution is 0.0922. The number of fused-ring (bicyclic) bond motifs is 1.